The number of likely N-dealkylation sites (tertiary alicyclic amines) is 1. The first-order chi connectivity index (χ1) is 17.1. The molecule has 1 aliphatic heterocycles. The number of carbonyl (C=O) groups excluding carboxylic acids is 1. The van der Waals surface area contributed by atoms with Gasteiger partial charge in [-0.2, -0.15) is 8.42 Å². The number of ether oxygens (including phenoxy) is 1. The van der Waals surface area contributed by atoms with Gasteiger partial charge >= 0.3 is 11.7 Å². The fourth-order valence-electron chi connectivity index (χ4n) is 3.84. The summed E-state index contributed by atoms with van der Waals surface area (Å²) in [6, 6.07) is 9.11. The highest BCUT2D eigenvalue weighted by molar-refractivity contribution is 7.90. The number of hydrogen-bond acceptors (Lipinski definition) is 7. The van der Waals surface area contributed by atoms with E-state index in [1.807, 2.05) is 0 Å². The van der Waals surface area contributed by atoms with Crippen molar-refractivity contribution in [2.24, 2.45) is 0 Å². The molecular formula is C24H27FN4O6S. The Labute approximate surface area is 207 Å². The Kier molecular flexibility index (Phi) is 7.29. The Morgan fingerprint density at radius 2 is 1.94 bits per heavy atom. The third kappa shape index (κ3) is 5.50. The number of hydrogen-bond donors (Lipinski definition) is 2. The summed E-state index contributed by atoms with van der Waals surface area (Å²) < 4.78 is 54.0. The number of rotatable bonds is 8. The third-order valence-electron chi connectivity index (χ3n) is 5.95. The Balaban J connectivity index is 1.77. The van der Waals surface area contributed by atoms with Gasteiger partial charge in [0.05, 0.1) is 5.69 Å². The van der Waals surface area contributed by atoms with Crippen molar-refractivity contribution in [1.29, 1.82) is 0 Å². The van der Waals surface area contributed by atoms with Crippen LogP contribution in [0.5, 0.6) is 5.75 Å². The lowest BCUT2D eigenvalue weighted by Gasteiger charge is -2.31. The molecule has 36 heavy (non-hydrogen) atoms. The van der Waals surface area contributed by atoms with Gasteiger partial charge in [0.25, 0.3) is 10.2 Å². The van der Waals surface area contributed by atoms with Crippen LogP contribution in [0.3, 0.4) is 0 Å². The van der Waals surface area contributed by atoms with E-state index in [4.69, 9.17) is 9.15 Å². The van der Waals surface area contributed by atoms with Gasteiger partial charge in [-0.25, -0.2) is 18.7 Å². The first-order valence-corrected chi connectivity index (χ1v) is 12.7. The number of nitrogens with zero attached hydrogens (tertiary/aromatic N) is 2. The summed E-state index contributed by atoms with van der Waals surface area (Å²) in [7, 11) is 0.391. The van der Waals surface area contributed by atoms with Crippen molar-refractivity contribution in [3.8, 4) is 5.75 Å². The molecule has 0 spiro atoms. The van der Waals surface area contributed by atoms with Crippen molar-refractivity contribution in [1.82, 2.24) is 14.5 Å². The number of amides is 1. The molecule has 1 saturated heterocycles. The molecule has 0 atom stereocenters. The number of nitrogens with one attached hydrogen (secondary N) is 2. The van der Waals surface area contributed by atoms with Gasteiger partial charge < -0.3 is 14.1 Å². The average molecular weight is 519 g/mol. The molecule has 1 aliphatic rings. The molecular weight excluding hydrogens is 491 g/mol. The number of carbonyl (C=O) groups is 1. The van der Waals surface area contributed by atoms with Crippen LogP contribution >= 0.6 is 0 Å². The summed E-state index contributed by atoms with van der Waals surface area (Å²) >= 11 is 0. The van der Waals surface area contributed by atoms with Gasteiger partial charge in [0.15, 0.2) is 5.82 Å². The lowest BCUT2D eigenvalue weighted by Crippen LogP contribution is -2.37. The first-order valence-electron chi connectivity index (χ1n) is 11.3. The Bertz CT molecular complexity index is 1470. The number of fused-ring (bicyclic) bond motifs is 1. The van der Waals surface area contributed by atoms with Gasteiger partial charge in [0.1, 0.15) is 11.3 Å². The molecule has 1 aromatic heterocycles. The van der Waals surface area contributed by atoms with E-state index < -0.39 is 27.7 Å². The van der Waals surface area contributed by atoms with E-state index in [0.29, 0.717) is 17.5 Å². The van der Waals surface area contributed by atoms with Gasteiger partial charge in [-0.1, -0.05) is 12.1 Å². The second-order valence-electron chi connectivity index (χ2n) is 8.66. The van der Waals surface area contributed by atoms with Gasteiger partial charge in [0.2, 0.25) is 0 Å². The molecule has 0 aliphatic carbocycles. The highest BCUT2D eigenvalue weighted by atomic mass is 32.2. The fraction of sp³-hybridized carbons (Fsp3) is 0.333. The van der Waals surface area contributed by atoms with Crippen molar-refractivity contribution in [2.75, 3.05) is 39.0 Å². The van der Waals surface area contributed by atoms with E-state index in [1.165, 1.54) is 36.2 Å². The quantitative estimate of drug-likeness (QED) is 0.440. The Morgan fingerprint density at radius 3 is 2.58 bits per heavy atom. The van der Waals surface area contributed by atoms with Crippen LogP contribution in [-0.2, 0) is 23.2 Å². The second kappa shape index (κ2) is 10.2. The predicted octanol–water partition coefficient (Wildman–Crippen LogP) is 2.67. The smallest absolute Gasteiger partial charge is 0.414 e. The zero-order valence-corrected chi connectivity index (χ0v) is 20.9. The summed E-state index contributed by atoms with van der Waals surface area (Å²) in [6.07, 6.45) is 0.375. The topological polar surface area (TPSA) is 121 Å². The monoisotopic (exact) mass is 518 g/mol. The zero-order chi connectivity index (χ0) is 26.0. The SMILES string of the molecule is CNS(=O)(=O)Nc1cccc(Cc2c(CN3CCC3)c3ccc(OC(=O)N(C)C)cc3oc2=O)c1F. The van der Waals surface area contributed by atoms with E-state index in [9.17, 15) is 18.0 Å². The molecule has 10 nitrogen and oxygen atoms in total. The molecule has 1 fully saturated rings. The second-order valence-corrected chi connectivity index (χ2v) is 10.3. The van der Waals surface area contributed by atoms with Crippen LogP contribution in [0.4, 0.5) is 14.9 Å². The molecule has 3 aromatic rings. The maximum Gasteiger partial charge on any atom is 0.414 e. The van der Waals surface area contributed by atoms with Crippen molar-refractivity contribution in [2.45, 2.75) is 19.4 Å². The van der Waals surface area contributed by atoms with Crippen LogP contribution in [-0.4, -0.2) is 58.5 Å². The normalized spacial score (nSPS) is 13.9. The molecule has 2 aromatic carbocycles. The van der Waals surface area contributed by atoms with E-state index in [1.54, 1.807) is 26.2 Å². The molecule has 2 N–H and O–H groups in total. The van der Waals surface area contributed by atoms with Crippen LogP contribution in [0.25, 0.3) is 11.0 Å². The fourth-order valence-corrected chi connectivity index (χ4v) is 4.39. The van der Waals surface area contributed by atoms with Gasteiger partial charge in [-0.05, 0) is 48.8 Å². The Morgan fingerprint density at radius 1 is 1.19 bits per heavy atom. The summed E-state index contributed by atoms with van der Waals surface area (Å²) in [5.41, 5.74) is 0.476. The number of halogens is 1. The van der Waals surface area contributed by atoms with Crippen LogP contribution < -0.4 is 19.8 Å². The number of benzene rings is 2. The van der Waals surface area contributed by atoms with Gasteiger partial charge in [0, 0.05) is 51.1 Å². The maximum absolute atomic E-state index is 15.2. The van der Waals surface area contributed by atoms with Crippen molar-refractivity contribution in [3.05, 3.63) is 69.3 Å². The predicted molar refractivity (Wildman–Crippen MR) is 133 cm³/mol. The first kappa shape index (κ1) is 25.6. The maximum atomic E-state index is 15.2. The zero-order valence-electron chi connectivity index (χ0n) is 20.1. The minimum absolute atomic E-state index is 0.0975. The van der Waals surface area contributed by atoms with E-state index in [2.05, 4.69) is 14.3 Å². The molecule has 4 rings (SSSR count). The highest BCUT2D eigenvalue weighted by Crippen LogP contribution is 2.29. The molecule has 0 radical (unpaired) electrons. The van der Waals surface area contributed by atoms with Gasteiger partial charge in [-0.3, -0.25) is 9.62 Å². The van der Waals surface area contributed by atoms with E-state index in [0.717, 1.165) is 19.5 Å². The lowest BCUT2D eigenvalue weighted by atomic mass is 9.96. The van der Waals surface area contributed by atoms with Gasteiger partial charge in [-0.15, -0.1) is 0 Å². The standard InChI is InChI=1S/C24H27FN4O6S/c1-26-36(32,33)27-20-7-4-6-15(22(20)25)12-18-19(14-29-10-5-11-29)17-9-8-16(34-24(31)28(2)3)13-21(17)35-23(18)30/h4,6-9,13,26-27H,5,10-12,14H2,1-3H3. The van der Waals surface area contributed by atoms with Crippen LogP contribution in [0.15, 0.2) is 45.6 Å². The van der Waals surface area contributed by atoms with Crippen LogP contribution in [0.1, 0.15) is 23.1 Å². The minimum atomic E-state index is -3.93. The van der Waals surface area contributed by atoms with Crippen molar-refractivity contribution in [3.63, 3.8) is 0 Å². The van der Waals surface area contributed by atoms with Crippen molar-refractivity contribution < 1.29 is 26.8 Å². The summed E-state index contributed by atoms with van der Waals surface area (Å²) in [4.78, 5) is 28.5. The molecule has 1 amide bonds. The molecule has 0 unspecified atom stereocenters. The summed E-state index contributed by atoms with van der Waals surface area (Å²) in [5.74, 6) is -0.556. The summed E-state index contributed by atoms with van der Waals surface area (Å²) in [6.45, 7) is 2.20. The largest absolute Gasteiger partial charge is 0.422 e. The Hall–Kier alpha value is -3.48. The molecule has 12 heteroatoms. The highest BCUT2D eigenvalue weighted by Gasteiger charge is 2.23. The third-order valence-corrected chi connectivity index (χ3v) is 6.98. The van der Waals surface area contributed by atoms with E-state index >= 15 is 4.39 Å². The molecule has 0 bridgehead atoms. The van der Waals surface area contributed by atoms with Crippen LogP contribution in [0.2, 0.25) is 0 Å². The van der Waals surface area contributed by atoms with E-state index in [-0.39, 0.29) is 34.6 Å². The molecule has 2 heterocycles. The lowest BCUT2D eigenvalue weighted by molar-refractivity contribution is 0.171. The average Bonchev–Trinajstić information content (AvgIpc) is 2.79. The minimum Gasteiger partial charge on any atom is -0.422 e. The van der Waals surface area contributed by atoms with Crippen LogP contribution in [0, 0.1) is 5.82 Å². The molecule has 192 valence electrons. The molecule has 0 saturated carbocycles. The summed E-state index contributed by atoms with van der Waals surface area (Å²) in [5, 5.41) is 0.647. The van der Waals surface area contributed by atoms with Crippen molar-refractivity contribution >= 4 is 33.0 Å². The number of anilines is 1.